The van der Waals surface area contributed by atoms with Crippen molar-refractivity contribution in [3.8, 4) is 11.3 Å². The zero-order valence-electron chi connectivity index (χ0n) is 15.7. The fraction of sp³-hybridized carbons (Fsp3) is 0.120. The summed E-state index contributed by atoms with van der Waals surface area (Å²) in [5.74, 6) is 0. The predicted molar refractivity (Wildman–Crippen MR) is 114 cm³/mol. The molecule has 0 amide bonds. The van der Waals surface area contributed by atoms with Gasteiger partial charge in [0.15, 0.2) is 0 Å². The number of benzene rings is 4. The van der Waals surface area contributed by atoms with Crippen molar-refractivity contribution in [2.75, 3.05) is 0 Å². The van der Waals surface area contributed by atoms with E-state index in [1.165, 1.54) is 38.2 Å². The molecule has 0 saturated heterocycles. The quantitative estimate of drug-likeness (QED) is 0.322. The number of hydrogen-bond donors (Lipinski definition) is 0. The Morgan fingerprint density at radius 3 is 2.30 bits per heavy atom. The topological polar surface area (TPSA) is 25.8 Å². The molecule has 0 spiro atoms. The molecular formula is C25H20N2. The third-order valence-corrected chi connectivity index (χ3v) is 5.54. The summed E-state index contributed by atoms with van der Waals surface area (Å²) in [6.45, 7) is 6.47. The van der Waals surface area contributed by atoms with E-state index in [-0.39, 0.29) is 0 Å². The minimum atomic E-state index is 0.913. The van der Waals surface area contributed by atoms with Gasteiger partial charge in [-0.25, -0.2) is 4.98 Å². The molecule has 0 aliphatic carbocycles. The first kappa shape index (κ1) is 16.0. The largest absolute Gasteiger partial charge is 0.252 e. The summed E-state index contributed by atoms with van der Waals surface area (Å²) in [6.07, 6.45) is 1.90. The van der Waals surface area contributed by atoms with E-state index in [4.69, 9.17) is 9.97 Å². The van der Waals surface area contributed by atoms with Gasteiger partial charge in [-0.1, -0.05) is 60.2 Å². The number of aryl methyl sites for hydroxylation is 3. The van der Waals surface area contributed by atoms with Crippen LogP contribution < -0.4 is 0 Å². The molecule has 0 aliphatic rings. The molecule has 0 atom stereocenters. The van der Waals surface area contributed by atoms with Gasteiger partial charge in [0.2, 0.25) is 0 Å². The third kappa shape index (κ3) is 2.41. The minimum Gasteiger partial charge on any atom is -0.252 e. The zero-order valence-corrected chi connectivity index (χ0v) is 15.7. The summed E-state index contributed by atoms with van der Waals surface area (Å²) < 4.78 is 0. The van der Waals surface area contributed by atoms with Crippen LogP contribution in [0.4, 0.5) is 0 Å². The van der Waals surface area contributed by atoms with Crippen molar-refractivity contribution >= 4 is 32.6 Å². The maximum Gasteiger partial charge on any atom is 0.0979 e. The number of nitrogens with zero attached hydrogens (tertiary/aromatic N) is 2. The van der Waals surface area contributed by atoms with E-state index in [0.29, 0.717) is 0 Å². The van der Waals surface area contributed by atoms with E-state index in [0.717, 1.165) is 22.3 Å². The Labute approximate surface area is 158 Å². The van der Waals surface area contributed by atoms with Crippen LogP contribution in [0.3, 0.4) is 0 Å². The highest BCUT2D eigenvalue weighted by atomic mass is 14.8. The average Bonchev–Trinajstić information content (AvgIpc) is 2.70. The fourth-order valence-electron chi connectivity index (χ4n) is 3.94. The van der Waals surface area contributed by atoms with Crippen molar-refractivity contribution in [2.45, 2.75) is 20.8 Å². The lowest BCUT2D eigenvalue weighted by atomic mass is 9.93. The molecule has 5 rings (SSSR count). The van der Waals surface area contributed by atoms with Crippen LogP contribution in [-0.2, 0) is 0 Å². The Hall–Kier alpha value is -3.26. The summed E-state index contributed by atoms with van der Waals surface area (Å²) in [5, 5.41) is 4.88. The second kappa shape index (κ2) is 5.88. The predicted octanol–water partition coefficient (Wildman–Crippen LogP) is 6.53. The molecule has 0 aliphatic heterocycles. The third-order valence-electron chi connectivity index (χ3n) is 5.54. The molecule has 0 N–H and O–H groups in total. The molecule has 2 nitrogen and oxygen atoms in total. The van der Waals surface area contributed by atoms with Crippen molar-refractivity contribution < 1.29 is 0 Å². The Bertz CT molecular complexity index is 1340. The number of hydrogen-bond acceptors (Lipinski definition) is 2. The van der Waals surface area contributed by atoms with Gasteiger partial charge in [-0.3, -0.25) is 4.98 Å². The molecule has 27 heavy (non-hydrogen) atoms. The van der Waals surface area contributed by atoms with E-state index >= 15 is 0 Å². The smallest absolute Gasteiger partial charge is 0.0979 e. The molecule has 1 aromatic heterocycles. The second-order valence-corrected chi connectivity index (χ2v) is 7.30. The summed E-state index contributed by atoms with van der Waals surface area (Å²) in [5.41, 5.74) is 7.77. The van der Waals surface area contributed by atoms with Crippen LogP contribution in [0.2, 0.25) is 0 Å². The summed E-state index contributed by atoms with van der Waals surface area (Å²) >= 11 is 0. The second-order valence-electron chi connectivity index (χ2n) is 7.30. The molecule has 0 radical (unpaired) electrons. The molecule has 2 heteroatoms. The maximum atomic E-state index is 5.07. The lowest BCUT2D eigenvalue weighted by Crippen LogP contribution is -1.95. The van der Waals surface area contributed by atoms with Gasteiger partial charge in [0.1, 0.15) is 0 Å². The SMILES string of the molecule is Cc1ccc2c(c1)c1nc(-c3ccccc3)cnc1c1c(C)c(C)ccc21. The normalized spacial score (nSPS) is 11.5. The van der Waals surface area contributed by atoms with Crippen molar-refractivity contribution in [3.63, 3.8) is 0 Å². The maximum absolute atomic E-state index is 5.07. The molecule has 0 bridgehead atoms. The van der Waals surface area contributed by atoms with Crippen LogP contribution in [0.5, 0.6) is 0 Å². The molecule has 5 aromatic rings. The highest BCUT2D eigenvalue weighted by Gasteiger charge is 2.14. The van der Waals surface area contributed by atoms with E-state index < -0.39 is 0 Å². The van der Waals surface area contributed by atoms with Crippen molar-refractivity contribution in [3.05, 3.63) is 83.6 Å². The fourth-order valence-corrected chi connectivity index (χ4v) is 3.94. The molecule has 0 fully saturated rings. The average molecular weight is 348 g/mol. The Morgan fingerprint density at radius 1 is 0.704 bits per heavy atom. The van der Waals surface area contributed by atoms with Crippen molar-refractivity contribution in [1.29, 1.82) is 0 Å². The van der Waals surface area contributed by atoms with Gasteiger partial charge < -0.3 is 0 Å². The standard InChI is InChI=1S/C25H20N2/c1-15-9-11-19-20-12-10-16(2)17(3)23(20)25-24(21(19)13-15)27-22(14-26-25)18-7-5-4-6-8-18/h4-14H,1-3H3. The van der Waals surface area contributed by atoms with E-state index in [2.05, 4.69) is 63.2 Å². The molecule has 0 saturated carbocycles. The zero-order chi connectivity index (χ0) is 18.5. The Balaban J connectivity index is 2.01. The van der Waals surface area contributed by atoms with Gasteiger partial charge in [-0.2, -0.15) is 0 Å². The van der Waals surface area contributed by atoms with Crippen LogP contribution in [0, 0.1) is 20.8 Å². The van der Waals surface area contributed by atoms with E-state index in [1.54, 1.807) is 0 Å². The number of aromatic nitrogens is 2. The van der Waals surface area contributed by atoms with Crippen LogP contribution in [0.25, 0.3) is 43.8 Å². The summed E-state index contributed by atoms with van der Waals surface area (Å²) in [6, 6.07) is 21.3. The lowest BCUT2D eigenvalue weighted by molar-refractivity contribution is 1.30. The van der Waals surface area contributed by atoms with Gasteiger partial charge in [0, 0.05) is 16.3 Å². The van der Waals surface area contributed by atoms with Gasteiger partial charge >= 0.3 is 0 Å². The van der Waals surface area contributed by atoms with E-state index in [1.807, 2.05) is 24.4 Å². The minimum absolute atomic E-state index is 0.913. The molecular weight excluding hydrogens is 328 g/mol. The highest BCUT2D eigenvalue weighted by Crippen LogP contribution is 2.37. The monoisotopic (exact) mass is 348 g/mol. The number of rotatable bonds is 1. The van der Waals surface area contributed by atoms with Gasteiger partial charge in [-0.15, -0.1) is 0 Å². The summed E-state index contributed by atoms with van der Waals surface area (Å²) in [4.78, 5) is 9.98. The van der Waals surface area contributed by atoms with Crippen LogP contribution in [-0.4, -0.2) is 9.97 Å². The van der Waals surface area contributed by atoms with E-state index in [9.17, 15) is 0 Å². The molecule has 0 unspecified atom stereocenters. The van der Waals surface area contributed by atoms with Crippen molar-refractivity contribution in [2.24, 2.45) is 0 Å². The highest BCUT2D eigenvalue weighted by molar-refractivity contribution is 6.24. The molecule has 130 valence electrons. The molecule has 1 heterocycles. The van der Waals surface area contributed by atoms with Gasteiger partial charge in [0.05, 0.1) is 22.9 Å². The summed E-state index contributed by atoms with van der Waals surface area (Å²) in [7, 11) is 0. The van der Waals surface area contributed by atoms with Crippen molar-refractivity contribution in [1.82, 2.24) is 9.97 Å². The first-order valence-electron chi connectivity index (χ1n) is 9.28. The Kier molecular flexibility index (Phi) is 3.48. The van der Waals surface area contributed by atoms with Crippen LogP contribution in [0.15, 0.2) is 66.9 Å². The first-order valence-corrected chi connectivity index (χ1v) is 9.28. The van der Waals surface area contributed by atoms with Crippen LogP contribution >= 0.6 is 0 Å². The molecule has 4 aromatic carbocycles. The Morgan fingerprint density at radius 2 is 1.48 bits per heavy atom. The first-order chi connectivity index (χ1) is 13.1. The van der Waals surface area contributed by atoms with Gasteiger partial charge in [0.25, 0.3) is 0 Å². The lowest BCUT2D eigenvalue weighted by Gasteiger charge is -2.14. The van der Waals surface area contributed by atoms with Gasteiger partial charge in [-0.05, 0) is 48.7 Å². The van der Waals surface area contributed by atoms with Crippen LogP contribution in [0.1, 0.15) is 16.7 Å². The number of fused-ring (bicyclic) bond motifs is 6.